The van der Waals surface area contributed by atoms with Gasteiger partial charge in [-0.15, -0.1) is 0 Å². The van der Waals surface area contributed by atoms with Gasteiger partial charge in [0.05, 0.1) is 5.69 Å². The molecule has 1 saturated heterocycles. The van der Waals surface area contributed by atoms with Crippen LogP contribution in [0.3, 0.4) is 0 Å². The van der Waals surface area contributed by atoms with E-state index < -0.39 is 0 Å². The summed E-state index contributed by atoms with van der Waals surface area (Å²) in [5, 5.41) is 6.09. The smallest absolute Gasteiger partial charge is 0.227 e. The van der Waals surface area contributed by atoms with Crippen LogP contribution in [0.5, 0.6) is 0 Å². The molecule has 2 aromatic carbocycles. The first-order valence-corrected chi connectivity index (χ1v) is 12.2. The van der Waals surface area contributed by atoms with Gasteiger partial charge in [0.2, 0.25) is 17.8 Å². The molecule has 8 nitrogen and oxygen atoms in total. The number of hydrogen-bond acceptors (Lipinski definition) is 6. The number of nitrogens with zero attached hydrogens (tertiary/aromatic N) is 4. The summed E-state index contributed by atoms with van der Waals surface area (Å²) >= 11 is 0. The molecule has 2 N–H and O–H groups in total. The zero-order valence-corrected chi connectivity index (χ0v) is 19.9. The van der Waals surface area contributed by atoms with Crippen LogP contribution in [-0.2, 0) is 9.59 Å². The number of hydrogen-bond donors (Lipinski definition) is 2. The standard InChI is InChI=1S/C27H30N6O2/c1-19(34)29-22-10-8-20(9-11-22)25-12-13-28-27(31-25)30-23-6-3-7-24(18-23)32-14-16-33(17-15-32)26(35)21-4-2-5-21/h3,6-13,18,21H,2,4-5,14-17H2,1H3,(H,29,34)(H,28,30,31). The average Bonchev–Trinajstić information content (AvgIpc) is 2.83. The highest BCUT2D eigenvalue weighted by Gasteiger charge is 2.31. The largest absolute Gasteiger partial charge is 0.368 e. The zero-order valence-electron chi connectivity index (χ0n) is 19.9. The topological polar surface area (TPSA) is 90.5 Å². The molecule has 8 heteroatoms. The molecule has 0 unspecified atom stereocenters. The van der Waals surface area contributed by atoms with Crippen LogP contribution < -0.4 is 15.5 Å². The maximum absolute atomic E-state index is 12.5. The molecule has 1 saturated carbocycles. The van der Waals surface area contributed by atoms with Gasteiger partial charge in [-0.25, -0.2) is 9.97 Å². The van der Waals surface area contributed by atoms with E-state index in [2.05, 4.69) is 37.6 Å². The number of nitrogens with one attached hydrogen (secondary N) is 2. The molecule has 2 amide bonds. The van der Waals surface area contributed by atoms with E-state index in [1.165, 1.54) is 13.3 Å². The van der Waals surface area contributed by atoms with Crippen molar-refractivity contribution in [2.24, 2.45) is 5.92 Å². The number of carbonyl (C=O) groups excluding carboxylic acids is 2. The summed E-state index contributed by atoms with van der Waals surface area (Å²) in [6, 6.07) is 17.6. The summed E-state index contributed by atoms with van der Waals surface area (Å²) in [6.07, 6.45) is 5.03. The highest BCUT2D eigenvalue weighted by atomic mass is 16.2. The fraction of sp³-hybridized carbons (Fsp3) is 0.333. The number of amides is 2. The first-order valence-electron chi connectivity index (χ1n) is 12.2. The summed E-state index contributed by atoms with van der Waals surface area (Å²) in [5.74, 6) is 1.02. The molecule has 0 radical (unpaired) electrons. The van der Waals surface area contributed by atoms with Gasteiger partial charge in [-0.1, -0.05) is 24.6 Å². The van der Waals surface area contributed by atoms with Crippen LogP contribution in [0.15, 0.2) is 60.8 Å². The van der Waals surface area contributed by atoms with Crippen molar-refractivity contribution < 1.29 is 9.59 Å². The molecular weight excluding hydrogens is 440 g/mol. The Morgan fingerprint density at radius 3 is 2.40 bits per heavy atom. The van der Waals surface area contributed by atoms with Crippen LogP contribution in [0.2, 0.25) is 0 Å². The minimum Gasteiger partial charge on any atom is -0.368 e. The van der Waals surface area contributed by atoms with E-state index in [-0.39, 0.29) is 11.8 Å². The van der Waals surface area contributed by atoms with Crippen molar-refractivity contribution in [3.8, 4) is 11.3 Å². The molecule has 35 heavy (non-hydrogen) atoms. The third-order valence-corrected chi connectivity index (χ3v) is 6.67. The van der Waals surface area contributed by atoms with E-state index in [1.54, 1.807) is 6.20 Å². The molecule has 2 heterocycles. The molecule has 1 aliphatic carbocycles. The van der Waals surface area contributed by atoms with Gasteiger partial charge in [0, 0.05) is 67.8 Å². The number of benzene rings is 2. The molecule has 0 atom stereocenters. The van der Waals surface area contributed by atoms with Crippen LogP contribution in [0.25, 0.3) is 11.3 Å². The summed E-state index contributed by atoms with van der Waals surface area (Å²) in [7, 11) is 0. The maximum atomic E-state index is 12.5. The minimum absolute atomic E-state index is 0.0995. The fourth-order valence-electron chi connectivity index (χ4n) is 4.52. The van der Waals surface area contributed by atoms with Gasteiger partial charge in [-0.05, 0) is 49.2 Å². The van der Waals surface area contributed by atoms with E-state index in [1.807, 2.05) is 47.4 Å². The van der Waals surface area contributed by atoms with Gasteiger partial charge >= 0.3 is 0 Å². The minimum atomic E-state index is -0.0995. The molecule has 3 aromatic rings. The second kappa shape index (κ2) is 10.1. The number of aromatic nitrogens is 2. The summed E-state index contributed by atoms with van der Waals surface area (Å²) in [5.41, 5.74) is 4.51. The summed E-state index contributed by atoms with van der Waals surface area (Å²) < 4.78 is 0. The third kappa shape index (κ3) is 5.42. The Bertz CT molecular complexity index is 1200. The van der Waals surface area contributed by atoms with Crippen LogP contribution in [-0.4, -0.2) is 52.9 Å². The van der Waals surface area contributed by atoms with Crippen LogP contribution in [0.4, 0.5) is 23.0 Å². The van der Waals surface area contributed by atoms with Crippen molar-refractivity contribution in [3.63, 3.8) is 0 Å². The molecule has 2 aliphatic rings. The van der Waals surface area contributed by atoms with E-state index in [0.29, 0.717) is 11.9 Å². The third-order valence-electron chi connectivity index (χ3n) is 6.67. The van der Waals surface area contributed by atoms with Gasteiger partial charge < -0.3 is 20.4 Å². The lowest BCUT2D eigenvalue weighted by Crippen LogP contribution is -2.51. The monoisotopic (exact) mass is 470 g/mol. The molecule has 180 valence electrons. The first-order chi connectivity index (χ1) is 17.0. The van der Waals surface area contributed by atoms with Crippen LogP contribution in [0.1, 0.15) is 26.2 Å². The highest BCUT2D eigenvalue weighted by Crippen LogP contribution is 2.29. The molecule has 1 aromatic heterocycles. The Labute approximate surface area is 205 Å². The normalized spacial score (nSPS) is 15.9. The van der Waals surface area contributed by atoms with Crippen LogP contribution >= 0.6 is 0 Å². The number of rotatable bonds is 6. The highest BCUT2D eigenvalue weighted by molar-refractivity contribution is 5.89. The number of carbonyl (C=O) groups is 2. The lowest BCUT2D eigenvalue weighted by atomic mass is 9.84. The van der Waals surface area contributed by atoms with E-state index in [0.717, 1.165) is 67.3 Å². The van der Waals surface area contributed by atoms with Crippen molar-refractivity contribution in [2.45, 2.75) is 26.2 Å². The van der Waals surface area contributed by atoms with Gasteiger partial charge in [-0.2, -0.15) is 0 Å². The second-order valence-electron chi connectivity index (χ2n) is 9.14. The SMILES string of the molecule is CC(=O)Nc1ccc(-c2ccnc(Nc3cccc(N4CCN(C(=O)C5CCC5)CC4)c3)n2)cc1. The van der Waals surface area contributed by atoms with E-state index >= 15 is 0 Å². The van der Waals surface area contributed by atoms with E-state index in [9.17, 15) is 9.59 Å². The van der Waals surface area contributed by atoms with Gasteiger partial charge in [0.15, 0.2) is 0 Å². The maximum Gasteiger partial charge on any atom is 0.227 e. The zero-order chi connectivity index (χ0) is 24.2. The number of piperazine rings is 1. The van der Waals surface area contributed by atoms with Crippen molar-refractivity contribution in [2.75, 3.05) is 41.7 Å². The molecule has 0 spiro atoms. The molecule has 1 aliphatic heterocycles. The van der Waals surface area contributed by atoms with Crippen molar-refractivity contribution in [3.05, 3.63) is 60.8 Å². The van der Waals surface area contributed by atoms with Crippen molar-refractivity contribution in [1.29, 1.82) is 0 Å². The predicted molar refractivity (Wildman–Crippen MR) is 138 cm³/mol. The fourth-order valence-corrected chi connectivity index (χ4v) is 4.52. The quantitative estimate of drug-likeness (QED) is 0.558. The average molecular weight is 471 g/mol. The lowest BCUT2D eigenvalue weighted by molar-refractivity contribution is -0.138. The molecule has 2 fully saturated rings. The van der Waals surface area contributed by atoms with Crippen molar-refractivity contribution in [1.82, 2.24) is 14.9 Å². The Hall–Kier alpha value is -3.94. The Balaban J connectivity index is 1.23. The Morgan fingerprint density at radius 2 is 1.71 bits per heavy atom. The first kappa shape index (κ1) is 22.8. The Morgan fingerprint density at radius 1 is 0.943 bits per heavy atom. The Kier molecular flexibility index (Phi) is 6.61. The molecule has 5 rings (SSSR count). The van der Waals surface area contributed by atoms with Gasteiger partial charge in [0.25, 0.3) is 0 Å². The molecular formula is C27H30N6O2. The van der Waals surface area contributed by atoms with E-state index in [4.69, 9.17) is 0 Å². The van der Waals surface area contributed by atoms with Gasteiger partial charge in [-0.3, -0.25) is 9.59 Å². The summed E-state index contributed by atoms with van der Waals surface area (Å²) in [4.78, 5) is 37.2. The van der Waals surface area contributed by atoms with Gasteiger partial charge in [0.1, 0.15) is 0 Å². The summed E-state index contributed by atoms with van der Waals surface area (Å²) in [6.45, 7) is 4.71. The second-order valence-corrected chi connectivity index (χ2v) is 9.14. The predicted octanol–water partition coefficient (Wildman–Crippen LogP) is 4.29. The lowest BCUT2D eigenvalue weighted by Gasteiger charge is -2.39. The van der Waals surface area contributed by atoms with Crippen molar-refractivity contribution >= 4 is 34.8 Å². The number of anilines is 4. The van der Waals surface area contributed by atoms with Crippen LogP contribution in [0, 0.1) is 5.92 Å². The molecule has 0 bridgehead atoms.